The van der Waals surface area contributed by atoms with Crippen molar-refractivity contribution in [1.29, 1.82) is 0 Å². The molecule has 0 saturated heterocycles. The Labute approximate surface area is 188 Å². The minimum atomic E-state index is -3.74. The fourth-order valence-electron chi connectivity index (χ4n) is 2.39. The van der Waals surface area contributed by atoms with E-state index in [2.05, 4.69) is 25.6 Å². The first-order valence-corrected chi connectivity index (χ1v) is 11.0. The van der Waals surface area contributed by atoms with E-state index in [-0.39, 0.29) is 23.7 Å². The molecule has 0 aliphatic rings. The lowest BCUT2D eigenvalue weighted by molar-refractivity contribution is -0.139. The van der Waals surface area contributed by atoms with Gasteiger partial charge in [-0.2, -0.15) is 5.10 Å². The fraction of sp³-hybridized carbons (Fsp3) is 0.100. The van der Waals surface area contributed by atoms with Crippen molar-refractivity contribution < 1.29 is 22.4 Å². The second kappa shape index (κ2) is 10.7. The SMILES string of the molecule is O=C(NCc1cccnc1)C(=O)N/N=C/c1ccc(CNS(=O)(=O)c2ccc(Cl)cc2)o1. The standard InChI is InChI=1S/C20H18ClN5O5S/c21-15-3-7-18(8-4-15)32(29,30)25-13-17-6-5-16(31-17)12-24-26-20(28)19(27)23-11-14-2-1-9-22-10-14/h1-10,12,25H,11,13H2,(H,23,27)(H,26,28)/b24-12+. The molecule has 0 radical (unpaired) electrons. The number of sulfonamides is 1. The molecule has 2 heterocycles. The summed E-state index contributed by atoms with van der Waals surface area (Å²) in [7, 11) is -3.74. The van der Waals surface area contributed by atoms with Crippen LogP contribution in [0.15, 0.2) is 75.3 Å². The highest BCUT2D eigenvalue weighted by Crippen LogP contribution is 2.14. The van der Waals surface area contributed by atoms with E-state index in [4.69, 9.17) is 16.0 Å². The Kier molecular flexibility index (Phi) is 7.71. The Hall–Kier alpha value is -3.54. The number of aromatic nitrogens is 1. The first-order valence-electron chi connectivity index (χ1n) is 9.17. The highest BCUT2D eigenvalue weighted by Gasteiger charge is 2.15. The summed E-state index contributed by atoms with van der Waals surface area (Å²) in [6.45, 7) is 0.0547. The average molecular weight is 476 g/mol. The van der Waals surface area contributed by atoms with Gasteiger partial charge in [-0.3, -0.25) is 14.6 Å². The molecule has 3 N–H and O–H groups in total. The lowest BCUT2D eigenvalue weighted by atomic mass is 10.3. The van der Waals surface area contributed by atoms with Gasteiger partial charge in [-0.25, -0.2) is 18.6 Å². The predicted molar refractivity (Wildman–Crippen MR) is 116 cm³/mol. The molecule has 10 nitrogen and oxygen atoms in total. The van der Waals surface area contributed by atoms with Crippen LogP contribution in [0.4, 0.5) is 0 Å². The van der Waals surface area contributed by atoms with Gasteiger partial charge in [-0.15, -0.1) is 0 Å². The molecule has 1 aromatic carbocycles. The number of carbonyl (C=O) groups excluding carboxylic acids is 2. The largest absolute Gasteiger partial charge is 0.459 e. The van der Waals surface area contributed by atoms with Crippen LogP contribution < -0.4 is 15.5 Å². The third-order valence-electron chi connectivity index (χ3n) is 3.98. The van der Waals surface area contributed by atoms with E-state index < -0.39 is 21.8 Å². The van der Waals surface area contributed by atoms with Gasteiger partial charge in [0.15, 0.2) is 0 Å². The van der Waals surface area contributed by atoms with Gasteiger partial charge in [-0.05, 0) is 48.0 Å². The number of hydrogen-bond acceptors (Lipinski definition) is 7. The Balaban J connectivity index is 1.46. The normalized spacial score (nSPS) is 11.4. The highest BCUT2D eigenvalue weighted by molar-refractivity contribution is 7.89. The van der Waals surface area contributed by atoms with Crippen molar-refractivity contribution in [2.24, 2.45) is 5.10 Å². The van der Waals surface area contributed by atoms with Crippen LogP contribution in [0.3, 0.4) is 0 Å². The molecule has 0 spiro atoms. The summed E-state index contributed by atoms with van der Waals surface area (Å²) in [4.78, 5) is 27.5. The van der Waals surface area contributed by atoms with E-state index in [9.17, 15) is 18.0 Å². The zero-order valence-electron chi connectivity index (χ0n) is 16.5. The van der Waals surface area contributed by atoms with E-state index in [1.807, 2.05) is 0 Å². The molecule has 0 atom stereocenters. The van der Waals surface area contributed by atoms with Crippen molar-refractivity contribution in [2.75, 3.05) is 0 Å². The maximum absolute atomic E-state index is 12.3. The second-order valence-electron chi connectivity index (χ2n) is 6.33. The average Bonchev–Trinajstić information content (AvgIpc) is 3.25. The summed E-state index contributed by atoms with van der Waals surface area (Å²) >= 11 is 5.76. The van der Waals surface area contributed by atoms with Crippen molar-refractivity contribution in [3.63, 3.8) is 0 Å². The zero-order chi connectivity index (χ0) is 23.0. The smallest absolute Gasteiger partial charge is 0.329 e. The molecule has 0 unspecified atom stereocenters. The number of hydrogen-bond donors (Lipinski definition) is 3. The van der Waals surface area contributed by atoms with Crippen molar-refractivity contribution in [1.82, 2.24) is 20.4 Å². The Morgan fingerprint density at radius 2 is 1.84 bits per heavy atom. The van der Waals surface area contributed by atoms with Crippen LogP contribution in [0, 0.1) is 0 Å². The van der Waals surface area contributed by atoms with Gasteiger partial charge in [0.05, 0.1) is 17.7 Å². The molecule has 0 fully saturated rings. The molecule has 0 aliphatic carbocycles. The highest BCUT2D eigenvalue weighted by atomic mass is 35.5. The van der Waals surface area contributed by atoms with Gasteiger partial charge in [0.1, 0.15) is 11.5 Å². The van der Waals surface area contributed by atoms with Gasteiger partial charge in [0.2, 0.25) is 10.0 Å². The zero-order valence-corrected chi connectivity index (χ0v) is 18.1. The van der Waals surface area contributed by atoms with Crippen LogP contribution in [-0.4, -0.2) is 31.4 Å². The van der Waals surface area contributed by atoms with Gasteiger partial charge in [-0.1, -0.05) is 17.7 Å². The van der Waals surface area contributed by atoms with Crippen LogP contribution in [0.2, 0.25) is 5.02 Å². The van der Waals surface area contributed by atoms with Crippen molar-refractivity contribution in [3.05, 3.63) is 83.0 Å². The number of carbonyl (C=O) groups is 2. The van der Waals surface area contributed by atoms with Crippen molar-refractivity contribution in [3.8, 4) is 0 Å². The van der Waals surface area contributed by atoms with Gasteiger partial charge in [0, 0.05) is 24.0 Å². The molecule has 0 bridgehead atoms. The molecule has 32 heavy (non-hydrogen) atoms. The van der Waals surface area contributed by atoms with Crippen molar-refractivity contribution in [2.45, 2.75) is 18.0 Å². The lowest BCUT2D eigenvalue weighted by Crippen LogP contribution is -2.37. The second-order valence-corrected chi connectivity index (χ2v) is 8.53. The number of nitrogens with zero attached hydrogens (tertiary/aromatic N) is 2. The monoisotopic (exact) mass is 475 g/mol. The topological polar surface area (TPSA) is 143 Å². The van der Waals surface area contributed by atoms with Crippen LogP contribution in [0.25, 0.3) is 0 Å². The first-order chi connectivity index (χ1) is 15.3. The van der Waals surface area contributed by atoms with Crippen LogP contribution in [-0.2, 0) is 32.7 Å². The summed E-state index contributed by atoms with van der Waals surface area (Å²) < 4.78 is 32.4. The summed E-state index contributed by atoms with van der Waals surface area (Å²) in [6.07, 6.45) is 4.35. The molecule has 166 valence electrons. The fourth-order valence-corrected chi connectivity index (χ4v) is 3.51. The molecule has 3 rings (SSSR count). The molecular weight excluding hydrogens is 458 g/mol. The first kappa shape index (κ1) is 23.1. The molecule has 0 aliphatic heterocycles. The predicted octanol–water partition coefficient (Wildman–Crippen LogP) is 1.57. The van der Waals surface area contributed by atoms with Gasteiger partial charge >= 0.3 is 11.8 Å². The third-order valence-corrected chi connectivity index (χ3v) is 5.65. The van der Waals surface area contributed by atoms with Crippen LogP contribution >= 0.6 is 11.6 Å². The minimum absolute atomic E-state index is 0.0692. The molecule has 12 heteroatoms. The van der Waals surface area contributed by atoms with Crippen LogP contribution in [0.1, 0.15) is 17.1 Å². The summed E-state index contributed by atoms with van der Waals surface area (Å²) in [5.41, 5.74) is 2.82. The minimum Gasteiger partial charge on any atom is -0.459 e. The number of furan rings is 1. The molecule has 2 amide bonds. The number of pyridine rings is 1. The molecular formula is C20H18ClN5O5S. The van der Waals surface area contributed by atoms with Crippen LogP contribution in [0.5, 0.6) is 0 Å². The maximum Gasteiger partial charge on any atom is 0.329 e. The number of amides is 2. The van der Waals surface area contributed by atoms with E-state index in [1.54, 1.807) is 30.6 Å². The quantitative estimate of drug-likeness (QED) is 0.256. The Morgan fingerprint density at radius 3 is 2.56 bits per heavy atom. The lowest BCUT2D eigenvalue weighted by Gasteiger charge is -2.05. The summed E-state index contributed by atoms with van der Waals surface area (Å²) in [6, 6.07) is 12.3. The Bertz CT molecular complexity index is 1210. The maximum atomic E-state index is 12.3. The summed E-state index contributed by atoms with van der Waals surface area (Å²) in [5.74, 6) is -1.23. The molecule has 3 aromatic rings. The third kappa shape index (κ3) is 6.74. The molecule has 0 saturated carbocycles. The van der Waals surface area contributed by atoms with E-state index in [0.717, 1.165) is 5.56 Å². The van der Waals surface area contributed by atoms with Gasteiger partial charge in [0.25, 0.3) is 0 Å². The number of rotatable bonds is 8. The van der Waals surface area contributed by atoms with E-state index in [0.29, 0.717) is 10.8 Å². The Morgan fingerprint density at radius 1 is 1.06 bits per heavy atom. The number of benzene rings is 1. The summed E-state index contributed by atoms with van der Waals surface area (Å²) in [5, 5.41) is 6.52. The molecule has 2 aromatic heterocycles. The van der Waals surface area contributed by atoms with Gasteiger partial charge < -0.3 is 9.73 Å². The number of halogens is 1. The van der Waals surface area contributed by atoms with Crippen molar-refractivity contribution >= 4 is 39.7 Å². The van der Waals surface area contributed by atoms with E-state index in [1.165, 1.54) is 36.5 Å². The number of nitrogens with one attached hydrogen (secondary N) is 3. The van der Waals surface area contributed by atoms with E-state index >= 15 is 0 Å². The number of hydrazone groups is 1.